The first-order valence-electron chi connectivity index (χ1n) is 4.87. The number of rotatable bonds is 3. The molecule has 0 saturated heterocycles. The molecule has 1 amide bonds. The molecule has 92 valence electrons. The quantitative estimate of drug-likeness (QED) is 0.896. The molecule has 0 unspecified atom stereocenters. The summed E-state index contributed by atoms with van der Waals surface area (Å²) in [6, 6.07) is 6.09. The van der Waals surface area contributed by atoms with Gasteiger partial charge in [0.1, 0.15) is 5.69 Å². The molecule has 1 aromatic heterocycles. The maximum absolute atomic E-state index is 11.1. The van der Waals surface area contributed by atoms with E-state index < -0.39 is 11.9 Å². The highest BCUT2D eigenvalue weighted by molar-refractivity contribution is 9.10. The van der Waals surface area contributed by atoms with Gasteiger partial charge in [0.05, 0.1) is 11.3 Å². The van der Waals surface area contributed by atoms with Crippen LogP contribution in [0.15, 0.2) is 34.9 Å². The van der Waals surface area contributed by atoms with Gasteiger partial charge in [0, 0.05) is 10.7 Å². The Morgan fingerprint density at radius 1 is 1.33 bits per heavy atom. The molecule has 6 nitrogen and oxygen atoms in total. The summed E-state index contributed by atoms with van der Waals surface area (Å²) in [6.45, 7) is 0. The van der Waals surface area contributed by atoms with Gasteiger partial charge in [-0.3, -0.25) is 4.79 Å². The van der Waals surface area contributed by atoms with E-state index in [2.05, 4.69) is 21.0 Å². The number of carbonyl (C=O) groups excluding carboxylic acids is 1. The molecule has 0 aliphatic rings. The summed E-state index contributed by atoms with van der Waals surface area (Å²) in [4.78, 5) is 22.1. The number of halogens is 1. The third-order valence-electron chi connectivity index (χ3n) is 2.28. The Hall–Kier alpha value is -2.15. The number of primary amides is 1. The van der Waals surface area contributed by atoms with Crippen LogP contribution in [0.4, 0.5) is 0 Å². The van der Waals surface area contributed by atoms with Gasteiger partial charge >= 0.3 is 5.97 Å². The molecule has 3 N–H and O–H groups in total. The van der Waals surface area contributed by atoms with Gasteiger partial charge in [-0.2, -0.15) is 5.10 Å². The van der Waals surface area contributed by atoms with Crippen LogP contribution in [0.2, 0.25) is 0 Å². The molecule has 18 heavy (non-hydrogen) atoms. The lowest BCUT2D eigenvalue weighted by Crippen LogP contribution is -2.13. The minimum Gasteiger partial charge on any atom is -0.478 e. The molecule has 7 heteroatoms. The fourth-order valence-corrected chi connectivity index (χ4v) is 1.81. The Bertz CT molecular complexity index is 636. The van der Waals surface area contributed by atoms with Gasteiger partial charge in [-0.05, 0) is 24.3 Å². The smallest absolute Gasteiger partial charge is 0.337 e. The summed E-state index contributed by atoms with van der Waals surface area (Å²) in [6.07, 6.45) is 1.48. The van der Waals surface area contributed by atoms with Crippen LogP contribution < -0.4 is 5.73 Å². The van der Waals surface area contributed by atoms with Gasteiger partial charge in [-0.1, -0.05) is 15.9 Å². The van der Waals surface area contributed by atoms with Gasteiger partial charge in [-0.25, -0.2) is 9.48 Å². The Balaban J connectivity index is 2.57. The topological polar surface area (TPSA) is 98.2 Å². The zero-order valence-electron chi connectivity index (χ0n) is 9.00. The van der Waals surface area contributed by atoms with Crippen molar-refractivity contribution >= 4 is 27.8 Å². The van der Waals surface area contributed by atoms with Crippen LogP contribution in [-0.2, 0) is 0 Å². The van der Waals surface area contributed by atoms with E-state index in [0.29, 0.717) is 10.2 Å². The largest absolute Gasteiger partial charge is 0.478 e. The predicted molar refractivity (Wildman–Crippen MR) is 66.7 cm³/mol. The van der Waals surface area contributed by atoms with Gasteiger partial charge in [0.15, 0.2) is 0 Å². The van der Waals surface area contributed by atoms with Crippen LogP contribution in [0, 0.1) is 0 Å². The van der Waals surface area contributed by atoms with Crippen molar-refractivity contribution in [1.29, 1.82) is 0 Å². The van der Waals surface area contributed by atoms with E-state index in [1.54, 1.807) is 12.1 Å². The lowest BCUT2D eigenvalue weighted by atomic mass is 10.2. The number of aromatic nitrogens is 2. The minimum atomic E-state index is -1.08. The average Bonchev–Trinajstić information content (AvgIpc) is 2.77. The summed E-state index contributed by atoms with van der Waals surface area (Å²) >= 11 is 3.25. The van der Waals surface area contributed by atoms with Crippen molar-refractivity contribution in [3.05, 3.63) is 46.2 Å². The first-order valence-corrected chi connectivity index (χ1v) is 5.67. The van der Waals surface area contributed by atoms with Crippen molar-refractivity contribution < 1.29 is 14.7 Å². The van der Waals surface area contributed by atoms with E-state index in [1.165, 1.54) is 23.0 Å². The second-order valence-electron chi connectivity index (χ2n) is 3.48. The summed E-state index contributed by atoms with van der Waals surface area (Å²) in [5.74, 6) is -1.74. The SMILES string of the molecule is NC(=O)c1ccn(-c2cc(Br)ccc2C(=O)O)n1. The number of hydrogen-bond donors (Lipinski definition) is 2. The van der Waals surface area contributed by atoms with Crippen LogP contribution in [-0.4, -0.2) is 26.8 Å². The second-order valence-corrected chi connectivity index (χ2v) is 4.39. The zero-order chi connectivity index (χ0) is 13.3. The van der Waals surface area contributed by atoms with E-state index >= 15 is 0 Å². The van der Waals surface area contributed by atoms with Crippen LogP contribution in [0.1, 0.15) is 20.8 Å². The number of carbonyl (C=O) groups is 2. The molecule has 0 radical (unpaired) electrons. The molecule has 0 saturated carbocycles. The van der Waals surface area contributed by atoms with E-state index in [9.17, 15) is 9.59 Å². The highest BCUT2D eigenvalue weighted by Crippen LogP contribution is 2.20. The van der Waals surface area contributed by atoms with Gasteiger partial charge in [-0.15, -0.1) is 0 Å². The molecule has 0 bridgehead atoms. The standard InChI is InChI=1S/C11H8BrN3O3/c12-6-1-2-7(11(17)18)9(5-6)15-4-3-8(14-15)10(13)16/h1-5H,(H2,13,16)(H,17,18). The molecular formula is C11H8BrN3O3. The normalized spacial score (nSPS) is 10.3. The number of amides is 1. The van der Waals surface area contributed by atoms with Crippen molar-refractivity contribution in [1.82, 2.24) is 9.78 Å². The third kappa shape index (κ3) is 2.25. The van der Waals surface area contributed by atoms with Gasteiger partial charge in [0.25, 0.3) is 5.91 Å². The first kappa shape index (κ1) is 12.3. The molecule has 0 fully saturated rings. The molecule has 2 rings (SSSR count). The molecule has 2 aromatic rings. The summed E-state index contributed by atoms with van der Waals surface area (Å²) < 4.78 is 2.01. The van der Waals surface area contributed by atoms with Gasteiger partial charge < -0.3 is 10.8 Å². The Morgan fingerprint density at radius 3 is 2.61 bits per heavy atom. The van der Waals surface area contributed by atoms with Crippen molar-refractivity contribution in [3.8, 4) is 5.69 Å². The highest BCUT2D eigenvalue weighted by atomic mass is 79.9. The monoisotopic (exact) mass is 309 g/mol. The number of hydrogen-bond acceptors (Lipinski definition) is 3. The Morgan fingerprint density at radius 2 is 2.06 bits per heavy atom. The maximum Gasteiger partial charge on any atom is 0.337 e. The Kier molecular flexibility index (Phi) is 3.15. The molecule has 1 aromatic carbocycles. The van der Waals surface area contributed by atoms with Crippen molar-refractivity contribution in [3.63, 3.8) is 0 Å². The number of aromatic carboxylic acids is 1. The minimum absolute atomic E-state index is 0.0753. The Labute approximate surface area is 110 Å². The van der Waals surface area contributed by atoms with Crippen LogP contribution >= 0.6 is 15.9 Å². The first-order chi connectivity index (χ1) is 8.49. The van der Waals surface area contributed by atoms with E-state index in [0.717, 1.165) is 0 Å². The number of nitrogens with two attached hydrogens (primary N) is 1. The van der Waals surface area contributed by atoms with E-state index in [-0.39, 0.29) is 11.3 Å². The van der Waals surface area contributed by atoms with Crippen LogP contribution in [0.5, 0.6) is 0 Å². The van der Waals surface area contributed by atoms with Crippen molar-refractivity contribution in [2.45, 2.75) is 0 Å². The van der Waals surface area contributed by atoms with Crippen molar-refractivity contribution in [2.75, 3.05) is 0 Å². The molecule has 0 atom stereocenters. The van der Waals surface area contributed by atoms with E-state index in [4.69, 9.17) is 10.8 Å². The fourth-order valence-electron chi connectivity index (χ4n) is 1.46. The molecule has 0 aliphatic carbocycles. The molecule has 0 aliphatic heterocycles. The average molecular weight is 310 g/mol. The number of benzene rings is 1. The predicted octanol–water partition coefficient (Wildman–Crippen LogP) is 1.43. The summed E-state index contributed by atoms with van der Waals surface area (Å²) in [5.41, 5.74) is 5.60. The number of carboxylic acids is 1. The van der Waals surface area contributed by atoms with Crippen LogP contribution in [0.25, 0.3) is 5.69 Å². The second kappa shape index (κ2) is 4.61. The molecule has 0 spiro atoms. The number of carboxylic acid groups (broad SMARTS) is 1. The van der Waals surface area contributed by atoms with E-state index in [1.807, 2.05) is 0 Å². The maximum atomic E-state index is 11.1. The summed E-state index contributed by atoms with van der Waals surface area (Å²) in [5, 5.41) is 13.0. The third-order valence-corrected chi connectivity index (χ3v) is 2.77. The van der Waals surface area contributed by atoms with Gasteiger partial charge in [0.2, 0.25) is 0 Å². The fraction of sp³-hybridized carbons (Fsp3) is 0. The van der Waals surface area contributed by atoms with Crippen molar-refractivity contribution in [2.24, 2.45) is 5.73 Å². The number of nitrogens with zero attached hydrogens (tertiary/aromatic N) is 2. The molecular weight excluding hydrogens is 302 g/mol. The highest BCUT2D eigenvalue weighted by Gasteiger charge is 2.14. The lowest BCUT2D eigenvalue weighted by Gasteiger charge is -2.06. The van der Waals surface area contributed by atoms with Crippen LogP contribution in [0.3, 0.4) is 0 Å². The zero-order valence-corrected chi connectivity index (χ0v) is 10.6. The molecule has 1 heterocycles. The lowest BCUT2D eigenvalue weighted by molar-refractivity contribution is 0.0696. The summed E-state index contributed by atoms with van der Waals surface area (Å²) in [7, 11) is 0.